The number of rotatable bonds is 0. The van der Waals surface area contributed by atoms with Gasteiger partial charge < -0.3 is 20.4 Å². The van der Waals surface area contributed by atoms with Crippen molar-refractivity contribution >= 4 is 5.78 Å². The molecule has 5 nitrogen and oxygen atoms in total. The number of carbonyl (C=O) groups excluding carboxylic acids is 1. The maximum Gasteiger partial charge on any atom is 0.155 e. The molecular weight excluding hydrogens is 339 g/mol. The Bertz CT molecular complexity index is 690. The summed E-state index contributed by atoms with van der Waals surface area (Å²) in [5.41, 5.74) is -4.99. The minimum absolute atomic E-state index is 0.0433. The highest BCUT2D eigenvalue weighted by atomic mass is 19.1. The van der Waals surface area contributed by atoms with E-state index in [1.807, 2.05) is 0 Å². The van der Waals surface area contributed by atoms with Gasteiger partial charge in [0, 0.05) is 23.2 Å². The van der Waals surface area contributed by atoms with Crippen LogP contribution < -0.4 is 0 Å². The van der Waals surface area contributed by atoms with Gasteiger partial charge in [0.2, 0.25) is 0 Å². The summed E-state index contributed by atoms with van der Waals surface area (Å²) in [4.78, 5) is 11.9. The average Bonchev–Trinajstić information content (AvgIpc) is 2.72. The number of ketones is 1. The van der Waals surface area contributed by atoms with Crippen molar-refractivity contribution in [1.82, 2.24) is 0 Å². The topological polar surface area (TPSA) is 98.0 Å². The molecule has 6 heteroatoms. The Labute approximate surface area is 152 Å². The Morgan fingerprint density at radius 1 is 1.08 bits per heavy atom. The van der Waals surface area contributed by atoms with Crippen LogP contribution in [0.4, 0.5) is 4.39 Å². The van der Waals surface area contributed by atoms with Crippen LogP contribution in [0.15, 0.2) is 11.6 Å². The van der Waals surface area contributed by atoms with Gasteiger partial charge >= 0.3 is 0 Å². The van der Waals surface area contributed by atoms with Gasteiger partial charge in [-0.25, -0.2) is 4.39 Å². The fourth-order valence-electron chi connectivity index (χ4n) is 6.82. The van der Waals surface area contributed by atoms with Crippen molar-refractivity contribution in [2.75, 3.05) is 0 Å². The van der Waals surface area contributed by atoms with Gasteiger partial charge in [-0.05, 0) is 50.2 Å². The summed E-state index contributed by atoms with van der Waals surface area (Å²) < 4.78 is 16.7. The molecule has 3 unspecified atom stereocenters. The first-order valence-corrected chi connectivity index (χ1v) is 9.60. The van der Waals surface area contributed by atoms with E-state index in [1.165, 1.54) is 6.08 Å². The molecule has 146 valence electrons. The van der Waals surface area contributed by atoms with Gasteiger partial charge in [-0.1, -0.05) is 13.8 Å². The Kier molecular flexibility index (Phi) is 3.68. The summed E-state index contributed by atoms with van der Waals surface area (Å²) in [5, 5.41) is 43.1. The number of aliphatic hydroxyl groups is 4. The maximum atomic E-state index is 16.7. The molecule has 9 atom stereocenters. The number of carbonyl (C=O) groups is 1. The molecule has 0 saturated heterocycles. The van der Waals surface area contributed by atoms with Gasteiger partial charge in [-0.3, -0.25) is 4.79 Å². The standard InChI is InChI=1S/C20H29FO5/c1-17-5-4-10(22)6-13(17)14(23)7-12-11-8-15(24)19(3,26)18(11,2)9-16(25)20(12,17)21/h6,11-12,14-16,23-26H,4-5,7-9H2,1-3H3/t11-,12-,14?,15?,16?,17-,18-,19-,20-/m0/s1. The number of halogens is 1. The zero-order valence-electron chi connectivity index (χ0n) is 15.6. The van der Waals surface area contributed by atoms with Crippen molar-refractivity contribution < 1.29 is 29.6 Å². The predicted molar refractivity (Wildman–Crippen MR) is 91.9 cm³/mol. The predicted octanol–water partition coefficient (Wildman–Crippen LogP) is 1.27. The molecule has 0 amide bonds. The Morgan fingerprint density at radius 3 is 2.38 bits per heavy atom. The third kappa shape index (κ3) is 1.87. The van der Waals surface area contributed by atoms with Gasteiger partial charge in [-0.15, -0.1) is 0 Å². The lowest BCUT2D eigenvalue weighted by molar-refractivity contribution is -0.237. The quantitative estimate of drug-likeness (QED) is 0.516. The van der Waals surface area contributed by atoms with Crippen molar-refractivity contribution in [2.45, 2.75) is 82.5 Å². The van der Waals surface area contributed by atoms with Crippen LogP contribution in [0.1, 0.15) is 52.9 Å². The van der Waals surface area contributed by atoms with Gasteiger partial charge in [0.25, 0.3) is 0 Å². The maximum absolute atomic E-state index is 16.7. The zero-order chi connectivity index (χ0) is 19.3. The van der Waals surface area contributed by atoms with Crippen LogP contribution in [0, 0.1) is 22.7 Å². The third-order valence-corrected chi connectivity index (χ3v) is 8.74. The first-order valence-electron chi connectivity index (χ1n) is 9.60. The van der Waals surface area contributed by atoms with Crippen molar-refractivity contribution in [3.05, 3.63) is 11.6 Å². The SMILES string of the molecule is C[C@]12CCC(=O)C=C1C(O)C[C@H]1[C@@H]3CC(O)[C@](C)(O)[C@@]3(C)CC(O)[C@@]12F. The molecular formula is C20H29FO5. The van der Waals surface area contributed by atoms with E-state index in [0.717, 1.165) is 0 Å². The first-order chi connectivity index (χ1) is 11.9. The lowest BCUT2D eigenvalue weighted by atomic mass is 9.43. The fraction of sp³-hybridized carbons (Fsp3) is 0.850. The summed E-state index contributed by atoms with van der Waals surface area (Å²) in [6.45, 7) is 5.07. The zero-order valence-corrected chi connectivity index (χ0v) is 15.6. The lowest BCUT2D eigenvalue weighted by Crippen LogP contribution is -2.70. The van der Waals surface area contributed by atoms with E-state index in [2.05, 4.69) is 0 Å². The minimum Gasteiger partial charge on any atom is -0.390 e. The monoisotopic (exact) mass is 368 g/mol. The van der Waals surface area contributed by atoms with Crippen LogP contribution in [0.2, 0.25) is 0 Å². The van der Waals surface area contributed by atoms with Crippen LogP contribution in [-0.2, 0) is 4.79 Å². The van der Waals surface area contributed by atoms with E-state index in [0.29, 0.717) is 5.57 Å². The van der Waals surface area contributed by atoms with Crippen molar-refractivity contribution in [3.63, 3.8) is 0 Å². The highest BCUT2D eigenvalue weighted by molar-refractivity contribution is 5.92. The second-order valence-electron chi connectivity index (χ2n) is 9.67. The van der Waals surface area contributed by atoms with Crippen LogP contribution >= 0.6 is 0 Å². The molecule has 0 aliphatic heterocycles. The minimum atomic E-state index is -2.00. The largest absolute Gasteiger partial charge is 0.390 e. The molecule has 0 radical (unpaired) electrons. The molecule has 26 heavy (non-hydrogen) atoms. The van der Waals surface area contributed by atoms with E-state index >= 15 is 4.39 Å². The van der Waals surface area contributed by atoms with Gasteiger partial charge in [0.15, 0.2) is 5.78 Å². The summed E-state index contributed by atoms with van der Waals surface area (Å²) >= 11 is 0. The number of hydrogen-bond acceptors (Lipinski definition) is 5. The van der Waals surface area contributed by atoms with Crippen LogP contribution in [0.5, 0.6) is 0 Å². The highest BCUT2D eigenvalue weighted by Gasteiger charge is 2.75. The van der Waals surface area contributed by atoms with E-state index in [4.69, 9.17) is 0 Å². The fourth-order valence-corrected chi connectivity index (χ4v) is 6.82. The van der Waals surface area contributed by atoms with Crippen molar-refractivity contribution in [1.29, 1.82) is 0 Å². The summed E-state index contributed by atoms with van der Waals surface area (Å²) in [5.74, 6) is -1.16. The molecule has 0 heterocycles. The number of alkyl halides is 1. The van der Waals surface area contributed by atoms with Crippen molar-refractivity contribution in [2.24, 2.45) is 22.7 Å². The second-order valence-corrected chi connectivity index (χ2v) is 9.67. The first kappa shape index (κ1) is 18.5. The van der Waals surface area contributed by atoms with Crippen molar-refractivity contribution in [3.8, 4) is 0 Å². The highest BCUT2D eigenvalue weighted by Crippen LogP contribution is 2.70. The van der Waals surface area contributed by atoms with Crippen LogP contribution in [-0.4, -0.2) is 55.8 Å². The van der Waals surface area contributed by atoms with Gasteiger partial charge in [-0.2, -0.15) is 0 Å². The molecule has 4 rings (SSSR count). The average molecular weight is 368 g/mol. The van der Waals surface area contributed by atoms with E-state index in [-0.39, 0.29) is 43.8 Å². The Morgan fingerprint density at radius 2 is 1.73 bits per heavy atom. The summed E-state index contributed by atoms with van der Waals surface area (Å²) in [6, 6.07) is 0. The number of aliphatic hydroxyl groups excluding tert-OH is 3. The molecule has 0 aromatic rings. The summed E-state index contributed by atoms with van der Waals surface area (Å²) in [6.07, 6.45) is -1.09. The second kappa shape index (κ2) is 5.16. The molecule has 0 aromatic heterocycles. The molecule has 4 aliphatic carbocycles. The number of fused-ring (bicyclic) bond motifs is 5. The smallest absolute Gasteiger partial charge is 0.155 e. The molecule has 0 aromatic carbocycles. The Balaban J connectivity index is 1.86. The van der Waals surface area contributed by atoms with Gasteiger partial charge in [0.05, 0.1) is 23.9 Å². The molecule has 0 bridgehead atoms. The van der Waals surface area contributed by atoms with E-state index < -0.39 is 46.3 Å². The normalized spacial score (nSPS) is 59.3. The molecule has 3 fully saturated rings. The lowest BCUT2D eigenvalue weighted by Gasteiger charge is -2.64. The summed E-state index contributed by atoms with van der Waals surface area (Å²) in [7, 11) is 0. The molecule has 4 N–H and O–H groups in total. The number of hydrogen-bond donors (Lipinski definition) is 4. The van der Waals surface area contributed by atoms with Crippen LogP contribution in [0.25, 0.3) is 0 Å². The van der Waals surface area contributed by atoms with Crippen LogP contribution in [0.3, 0.4) is 0 Å². The molecule has 0 spiro atoms. The van der Waals surface area contributed by atoms with E-state index in [9.17, 15) is 25.2 Å². The molecule has 3 saturated carbocycles. The Hall–Kier alpha value is -0.820. The van der Waals surface area contributed by atoms with E-state index in [1.54, 1.807) is 20.8 Å². The molecule has 4 aliphatic rings. The third-order valence-electron chi connectivity index (χ3n) is 8.74. The van der Waals surface area contributed by atoms with Gasteiger partial charge in [0.1, 0.15) is 5.67 Å².